The van der Waals surface area contributed by atoms with Gasteiger partial charge in [0, 0.05) is 38.9 Å². The van der Waals surface area contributed by atoms with Gasteiger partial charge in [-0.2, -0.15) is 0 Å². The fourth-order valence-corrected chi connectivity index (χ4v) is 4.38. The number of halogens is 1. The summed E-state index contributed by atoms with van der Waals surface area (Å²) in [4.78, 5) is 2.23. The highest BCUT2D eigenvalue weighted by Gasteiger charge is 2.33. The van der Waals surface area contributed by atoms with Crippen molar-refractivity contribution in [1.29, 1.82) is 0 Å². The minimum absolute atomic E-state index is 0. The number of methoxy groups -OCH3 is 1. The van der Waals surface area contributed by atoms with Gasteiger partial charge >= 0.3 is 0 Å². The van der Waals surface area contributed by atoms with Crippen LogP contribution < -0.4 is 14.9 Å². The number of sulfonamides is 1. The highest BCUT2D eigenvalue weighted by molar-refractivity contribution is 7.89. The van der Waals surface area contributed by atoms with Crippen molar-refractivity contribution in [3.05, 3.63) is 23.8 Å². The Morgan fingerprint density at radius 2 is 1.92 bits per heavy atom. The average Bonchev–Trinajstić information content (AvgIpc) is 2.54. The molecule has 0 unspecified atom stereocenters. The zero-order chi connectivity index (χ0) is 17.8. The standard InChI is InChI=1S/C17H29N3O3S.ClH/c1-14-5-6-15(11-16(14)20(2)3)24(21,22)19-12-17(13-23-4)7-9-18-10-8-17;/h5-6,11,18-19H,7-10,12-13H2,1-4H3;1H. The van der Waals surface area contributed by atoms with Crippen LogP contribution in [0.4, 0.5) is 5.69 Å². The zero-order valence-corrected chi connectivity index (χ0v) is 17.1. The third kappa shape index (κ3) is 5.56. The van der Waals surface area contributed by atoms with Crippen molar-refractivity contribution in [3.8, 4) is 0 Å². The van der Waals surface area contributed by atoms with Crippen molar-refractivity contribution in [1.82, 2.24) is 10.0 Å². The van der Waals surface area contributed by atoms with Gasteiger partial charge in [-0.3, -0.25) is 0 Å². The van der Waals surface area contributed by atoms with Crippen LogP contribution in [0.25, 0.3) is 0 Å². The molecule has 1 aliphatic heterocycles. The fourth-order valence-electron chi connectivity index (χ4n) is 3.21. The quantitative estimate of drug-likeness (QED) is 0.741. The SMILES string of the molecule is COCC1(CNS(=O)(=O)c2ccc(C)c(N(C)C)c2)CCNCC1.Cl. The molecule has 1 saturated heterocycles. The number of ether oxygens (including phenoxy) is 1. The van der Waals surface area contributed by atoms with Gasteiger partial charge in [-0.15, -0.1) is 12.4 Å². The molecule has 0 radical (unpaired) electrons. The minimum atomic E-state index is -3.54. The van der Waals surface area contributed by atoms with Crippen LogP contribution in [0.3, 0.4) is 0 Å². The van der Waals surface area contributed by atoms with Gasteiger partial charge in [0.2, 0.25) is 10.0 Å². The first kappa shape index (κ1) is 22.2. The number of aryl methyl sites for hydroxylation is 1. The van der Waals surface area contributed by atoms with Crippen molar-refractivity contribution in [3.63, 3.8) is 0 Å². The van der Waals surface area contributed by atoms with Crippen LogP contribution in [0.5, 0.6) is 0 Å². The Morgan fingerprint density at radius 1 is 1.28 bits per heavy atom. The lowest BCUT2D eigenvalue weighted by atomic mass is 9.80. The number of piperidine rings is 1. The lowest BCUT2D eigenvalue weighted by molar-refractivity contribution is 0.0577. The Hall–Kier alpha value is -0.860. The summed E-state index contributed by atoms with van der Waals surface area (Å²) >= 11 is 0. The molecule has 25 heavy (non-hydrogen) atoms. The van der Waals surface area contributed by atoms with E-state index in [4.69, 9.17) is 4.74 Å². The zero-order valence-electron chi connectivity index (χ0n) is 15.5. The van der Waals surface area contributed by atoms with E-state index >= 15 is 0 Å². The first-order valence-corrected chi connectivity index (χ1v) is 9.75. The molecule has 6 nitrogen and oxygen atoms in total. The second-order valence-corrected chi connectivity index (χ2v) is 8.62. The largest absolute Gasteiger partial charge is 0.384 e. The Balaban J connectivity index is 0.00000312. The molecule has 0 bridgehead atoms. The summed E-state index contributed by atoms with van der Waals surface area (Å²) in [5, 5.41) is 3.31. The number of hydrogen-bond donors (Lipinski definition) is 2. The summed E-state index contributed by atoms with van der Waals surface area (Å²) in [7, 11) is 1.95. The number of benzene rings is 1. The summed E-state index contributed by atoms with van der Waals surface area (Å²) in [6.45, 7) is 4.71. The van der Waals surface area contributed by atoms with E-state index in [0.717, 1.165) is 37.2 Å². The number of hydrogen-bond acceptors (Lipinski definition) is 5. The van der Waals surface area contributed by atoms with Crippen molar-refractivity contribution >= 4 is 28.1 Å². The monoisotopic (exact) mass is 391 g/mol. The Morgan fingerprint density at radius 3 is 2.48 bits per heavy atom. The molecule has 1 aliphatic rings. The van der Waals surface area contributed by atoms with Crippen LogP contribution in [0, 0.1) is 12.3 Å². The summed E-state index contributed by atoms with van der Waals surface area (Å²) in [6.07, 6.45) is 1.81. The van der Waals surface area contributed by atoms with Gasteiger partial charge in [0.1, 0.15) is 0 Å². The van der Waals surface area contributed by atoms with Crippen molar-refractivity contribution in [2.24, 2.45) is 5.41 Å². The van der Waals surface area contributed by atoms with Gasteiger partial charge in [0.05, 0.1) is 11.5 Å². The normalized spacial score (nSPS) is 17.0. The summed E-state index contributed by atoms with van der Waals surface area (Å²) < 4.78 is 33.6. The molecule has 8 heteroatoms. The maximum Gasteiger partial charge on any atom is 0.240 e. The Bertz CT molecular complexity index is 654. The number of rotatable bonds is 7. The molecule has 0 atom stereocenters. The van der Waals surface area contributed by atoms with E-state index < -0.39 is 10.0 Å². The van der Waals surface area contributed by atoms with E-state index in [1.165, 1.54) is 0 Å². The van der Waals surface area contributed by atoms with Gasteiger partial charge in [0.25, 0.3) is 0 Å². The maximum atomic E-state index is 12.7. The molecule has 0 spiro atoms. The van der Waals surface area contributed by atoms with E-state index in [9.17, 15) is 8.42 Å². The lowest BCUT2D eigenvalue weighted by Gasteiger charge is -2.37. The van der Waals surface area contributed by atoms with Crippen molar-refractivity contribution in [2.45, 2.75) is 24.7 Å². The summed E-state index contributed by atoms with van der Waals surface area (Å²) in [5.74, 6) is 0. The highest BCUT2D eigenvalue weighted by atomic mass is 35.5. The number of nitrogens with one attached hydrogen (secondary N) is 2. The second kappa shape index (κ2) is 9.19. The minimum Gasteiger partial charge on any atom is -0.384 e. The second-order valence-electron chi connectivity index (χ2n) is 6.85. The third-order valence-electron chi connectivity index (χ3n) is 4.72. The topological polar surface area (TPSA) is 70.7 Å². The van der Waals surface area contributed by atoms with E-state index in [2.05, 4.69) is 10.0 Å². The highest BCUT2D eigenvalue weighted by Crippen LogP contribution is 2.29. The molecule has 0 aromatic heterocycles. The maximum absolute atomic E-state index is 12.7. The van der Waals surface area contributed by atoms with Gasteiger partial charge in [-0.1, -0.05) is 6.07 Å². The number of nitrogens with zero attached hydrogens (tertiary/aromatic N) is 1. The predicted octanol–water partition coefficient (Wildman–Crippen LogP) is 1.78. The fraction of sp³-hybridized carbons (Fsp3) is 0.647. The van der Waals surface area contributed by atoms with E-state index in [1.807, 2.05) is 32.0 Å². The van der Waals surface area contributed by atoms with Gasteiger partial charge in [-0.05, 0) is 50.6 Å². The summed E-state index contributed by atoms with van der Waals surface area (Å²) in [5.41, 5.74) is 1.82. The molecule has 2 N–H and O–H groups in total. The van der Waals surface area contributed by atoms with Gasteiger partial charge in [-0.25, -0.2) is 13.1 Å². The molecular formula is C17H30ClN3O3S. The van der Waals surface area contributed by atoms with E-state index in [-0.39, 0.29) is 17.8 Å². The molecule has 1 aromatic rings. The first-order chi connectivity index (χ1) is 11.3. The lowest BCUT2D eigenvalue weighted by Crippen LogP contribution is -2.47. The molecule has 1 aromatic carbocycles. The summed E-state index contributed by atoms with van der Waals surface area (Å²) in [6, 6.07) is 5.23. The van der Waals surface area contributed by atoms with Crippen LogP contribution in [0.15, 0.2) is 23.1 Å². The molecular weight excluding hydrogens is 362 g/mol. The van der Waals surface area contributed by atoms with Gasteiger partial charge < -0.3 is 15.0 Å². The van der Waals surface area contributed by atoms with Crippen molar-refractivity contribution in [2.75, 3.05) is 52.3 Å². The Labute approximate surface area is 157 Å². The van der Waals surface area contributed by atoms with Crippen LogP contribution in [-0.2, 0) is 14.8 Å². The predicted molar refractivity (Wildman–Crippen MR) is 104 cm³/mol. The van der Waals surface area contributed by atoms with E-state index in [1.54, 1.807) is 19.2 Å². The molecule has 1 heterocycles. The first-order valence-electron chi connectivity index (χ1n) is 8.27. The molecule has 0 amide bonds. The van der Waals surface area contributed by atoms with Crippen LogP contribution in [0.1, 0.15) is 18.4 Å². The molecule has 144 valence electrons. The third-order valence-corrected chi connectivity index (χ3v) is 6.12. The molecule has 0 saturated carbocycles. The van der Waals surface area contributed by atoms with E-state index in [0.29, 0.717) is 18.0 Å². The molecule has 1 fully saturated rings. The van der Waals surface area contributed by atoms with Crippen LogP contribution in [0.2, 0.25) is 0 Å². The smallest absolute Gasteiger partial charge is 0.240 e. The Kier molecular flexibility index (Phi) is 8.15. The van der Waals surface area contributed by atoms with Crippen LogP contribution in [-0.4, -0.2) is 55.9 Å². The van der Waals surface area contributed by atoms with Gasteiger partial charge in [0.15, 0.2) is 0 Å². The van der Waals surface area contributed by atoms with Crippen LogP contribution >= 0.6 is 12.4 Å². The number of anilines is 1. The van der Waals surface area contributed by atoms with Crippen molar-refractivity contribution < 1.29 is 13.2 Å². The molecule has 2 rings (SSSR count). The molecule has 0 aliphatic carbocycles. The average molecular weight is 392 g/mol.